The lowest BCUT2D eigenvalue weighted by Crippen LogP contribution is -2.32. The number of halogens is 1. The number of aromatic nitrogens is 2. The number of hydrogen-bond acceptors (Lipinski definition) is 3. The molecule has 0 aliphatic heterocycles. The number of alkyl halides is 1. The first-order valence-electron chi connectivity index (χ1n) is 7.78. The van der Waals surface area contributed by atoms with Gasteiger partial charge < -0.3 is 4.90 Å². The Bertz CT molecular complexity index is 426. The Morgan fingerprint density at radius 2 is 1.90 bits per heavy atom. The molecule has 0 atom stereocenters. The average Bonchev–Trinajstić information content (AvgIpc) is 2.74. The fourth-order valence-electron chi connectivity index (χ4n) is 2.94. The summed E-state index contributed by atoms with van der Waals surface area (Å²) in [7, 11) is 2.17. The first-order valence-corrected chi connectivity index (χ1v) is 8.31. The molecular formula is C16H26ClN3. The van der Waals surface area contributed by atoms with E-state index in [2.05, 4.69) is 35.8 Å². The van der Waals surface area contributed by atoms with Gasteiger partial charge in [-0.1, -0.05) is 39.5 Å². The molecule has 0 bridgehead atoms. The molecule has 2 rings (SSSR count). The van der Waals surface area contributed by atoms with E-state index in [0.717, 1.165) is 17.2 Å². The van der Waals surface area contributed by atoms with Crippen LogP contribution in [-0.4, -0.2) is 23.1 Å². The molecule has 1 saturated carbocycles. The standard InChI is InChI=1S/C16H26ClN3/c1-12(2)16-18-11-15(14(10-17)19-16)20(3)13-8-6-4-5-7-9-13/h11-13H,4-10H2,1-3H3. The van der Waals surface area contributed by atoms with Crippen molar-refractivity contribution in [1.82, 2.24) is 9.97 Å². The molecule has 1 aromatic heterocycles. The summed E-state index contributed by atoms with van der Waals surface area (Å²) in [5, 5.41) is 0. The number of nitrogens with zero attached hydrogens (tertiary/aromatic N) is 3. The van der Waals surface area contributed by atoms with Crippen LogP contribution < -0.4 is 4.90 Å². The van der Waals surface area contributed by atoms with E-state index in [4.69, 9.17) is 11.6 Å². The van der Waals surface area contributed by atoms with Crippen molar-refractivity contribution in [2.75, 3.05) is 11.9 Å². The predicted molar refractivity (Wildman–Crippen MR) is 85.6 cm³/mol. The Balaban J connectivity index is 2.21. The van der Waals surface area contributed by atoms with Crippen LogP contribution in [0.25, 0.3) is 0 Å². The van der Waals surface area contributed by atoms with Crippen molar-refractivity contribution in [2.24, 2.45) is 0 Å². The highest BCUT2D eigenvalue weighted by Gasteiger charge is 2.20. The van der Waals surface area contributed by atoms with Crippen molar-refractivity contribution in [3.8, 4) is 0 Å². The van der Waals surface area contributed by atoms with Crippen molar-refractivity contribution in [1.29, 1.82) is 0 Å². The second-order valence-electron chi connectivity index (χ2n) is 6.10. The SMILES string of the molecule is CC(C)c1ncc(N(C)C2CCCCCC2)c(CCl)n1. The molecule has 0 spiro atoms. The third-order valence-corrected chi connectivity index (χ3v) is 4.51. The van der Waals surface area contributed by atoms with Crippen molar-refractivity contribution in [2.45, 2.75) is 70.2 Å². The molecular weight excluding hydrogens is 270 g/mol. The maximum Gasteiger partial charge on any atom is 0.131 e. The zero-order chi connectivity index (χ0) is 14.5. The van der Waals surface area contributed by atoms with Crippen LogP contribution in [0.4, 0.5) is 5.69 Å². The van der Waals surface area contributed by atoms with Crippen molar-refractivity contribution >= 4 is 17.3 Å². The Hall–Kier alpha value is -0.830. The molecule has 0 saturated heterocycles. The molecule has 1 heterocycles. The van der Waals surface area contributed by atoms with Crippen molar-refractivity contribution in [3.05, 3.63) is 17.7 Å². The highest BCUT2D eigenvalue weighted by Crippen LogP contribution is 2.28. The second kappa shape index (κ2) is 7.26. The fourth-order valence-corrected chi connectivity index (χ4v) is 3.14. The highest BCUT2D eigenvalue weighted by molar-refractivity contribution is 6.17. The van der Waals surface area contributed by atoms with Gasteiger partial charge in [0.1, 0.15) is 5.82 Å². The van der Waals surface area contributed by atoms with E-state index in [1.165, 1.54) is 38.5 Å². The van der Waals surface area contributed by atoms with E-state index in [1.807, 2.05) is 6.20 Å². The topological polar surface area (TPSA) is 29.0 Å². The Morgan fingerprint density at radius 3 is 2.45 bits per heavy atom. The Morgan fingerprint density at radius 1 is 1.25 bits per heavy atom. The summed E-state index contributed by atoms with van der Waals surface area (Å²) < 4.78 is 0. The largest absolute Gasteiger partial charge is 0.369 e. The van der Waals surface area contributed by atoms with Gasteiger partial charge in [0.05, 0.1) is 23.5 Å². The lowest BCUT2D eigenvalue weighted by atomic mass is 10.1. The molecule has 4 heteroatoms. The van der Waals surface area contributed by atoms with E-state index in [9.17, 15) is 0 Å². The minimum atomic E-state index is 0.342. The van der Waals surface area contributed by atoms with Crippen LogP contribution in [0.3, 0.4) is 0 Å². The van der Waals surface area contributed by atoms with Crippen LogP contribution in [-0.2, 0) is 5.88 Å². The molecule has 3 nitrogen and oxygen atoms in total. The van der Waals surface area contributed by atoms with Gasteiger partial charge >= 0.3 is 0 Å². The number of anilines is 1. The molecule has 1 aliphatic carbocycles. The zero-order valence-corrected chi connectivity index (χ0v) is 13.7. The van der Waals surface area contributed by atoms with E-state index in [1.54, 1.807) is 0 Å². The van der Waals surface area contributed by atoms with Crippen molar-refractivity contribution in [3.63, 3.8) is 0 Å². The Labute approximate surface area is 127 Å². The summed E-state index contributed by atoms with van der Waals surface area (Å²) in [6, 6.07) is 0.605. The molecule has 1 aromatic rings. The van der Waals surface area contributed by atoms with Crippen LogP contribution >= 0.6 is 11.6 Å². The maximum atomic E-state index is 6.11. The molecule has 0 unspecified atom stereocenters. The minimum absolute atomic E-state index is 0.342. The van der Waals surface area contributed by atoms with Crippen molar-refractivity contribution < 1.29 is 0 Å². The van der Waals surface area contributed by atoms with Crippen LogP contribution in [0.5, 0.6) is 0 Å². The van der Waals surface area contributed by atoms with Gasteiger partial charge in [-0.2, -0.15) is 0 Å². The number of rotatable bonds is 4. The van der Waals surface area contributed by atoms with Gasteiger partial charge in [0, 0.05) is 19.0 Å². The zero-order valence-electron chi connectivity index (χ0n) is 12.9. The van der Waals surface area contributed by atoms with Gasteiger partial charge in [-0.05, 0) is 12.8 Å². The first-order chi connectivity index (χ1) is 9.63. The summed E-state index contributed by atoms with van der Waals surface area (Å²) in [5.74, 6) is 1.68. The molecule has 20 heavy (non-hydrogen) atoms. The second-order valence-corrected chi connectivity index (χ2v) is 6.37. The monoisotopic (exact) mass is 295 g/mol. The summed E-state index contributed by atoms with van der Waals surface area (Å²) in [6.45, 7) is 4.23. The van der Waals surface area contributed by atoms with E-state index >= 15 is 0 Å². The maximum absolute atomic E-state index is 6.11. The van der Waals surface area contributed by atoms with Crippen LogP contribution in [0.1, 0.15) is 69.8 Å². The Kier molecular flexibility index (Phi) is 5.64. The quantitative estimate of drug-likeness (QED) is 0.605. The third-order valence-electron chi connectivity index (χ3n) is 4.26. The van der Waals surface area contributed by atoms with Crippen LogP contribution in [0, 0.1) is 0 Å². The summed E-state index contributed by atoms with van der Waals surface area (Å²) in [4.78, 5) is 11.5. The molecule has 1 fully saturated rings. The highest BCUT2D eigenvalue weighted by atomic mass is 35.5. The van der Waals surface area contributed by atoms with Gasteiger partial charge in [-0.3, -0.25) is 0 Å². The normalized spacial score (nSPS) is 17.2. The molecule has 0 amide bonds. The lowest BCUT2D eigenvalue weighted by Gasteiger charge is -2.30. The number of hydrogen-bond donors (Lipinski definition) is 0. The van der Waals surface area contributed by atoms with Crippen LogP contribution in [0.15, 0.2) is 6.20 Å². The van der Waals surface area contributed by atoms with Gasteiger partial charge in [-0.15, -0.1) is 11.6 Å². The molecule has 1 aliphatic rings. The summed E-state index contributed by atoms with van der Waals surface area (Å²) >= 11 is 6.11. The van der Waals surface area contributed by atoms with E-state index in [-0.39, 0.29) is 0 Å². The van der Waals surface area contributed by atoms with E-state index in [0.29, 0.717) is 17.8 Å². The molecule has 0 aromatic carbocycles. The van der Waals surface area contributed by atoms with Crippen LogP contribution in [0.2, 0.25) is 0 Å². The fraction of sp³-hybridized carbons (Fsp3) is 0.750. The predicted octanol–water partition coefficient (Wildman–Crippen LogP) is 4.50. The first kappa shape index (κ1) is 15.6. The third kappa shape index (κ3) is 3.63. The summed E-state index contributed by atoms with van der Waals surface area (Å²) in [6.07, 6.45) is 9.90. The minimum Gasteiger partial charge on any atom is -0.369 e. The van der Waals surface area contributed by atoms with Gasteiger partial charge in [-0.25, -0.2) is 9.97 Å². The smallest absolute Gasteiger partial charge is 0.131 e. The van der Waals surface area contributed by atoms with Gasteiger partial charge in [0.25, 0.3) is 0 Å². The summed E-state index contributed by atoms with van der Waals surface area (Å²) in [5.41, 5.74) is 2.08. The van der Waals surface area contributed by atoms with Gasteiger partial charge in [0.2, 0.25) is 0 Å². The average molecular weight is 296 g/mol. The van der Waals surface area contributed by atoms with E-state index < -0.39 is 0 Å². The molecule has 0 N–H and O–H groups in total. The molecule has 112 valence electrons. The molecule has 0 radical (unpaired) electrons. The van der Waals surface area contributed by atoms with Gasteiger partial charge in [0.15, 0.2) is 0 Å². The lowest BCUT2D eigenvalue weighted by molar-refractivity contribution is 0.550.